The highest BCUT2D eigenvalue weighted by molar-refractivity contribution is 7.07. The van der Waals surface area contributed by atoms with Gasteiger partial charge in [-0.1, -0.05) is 0 Å². The Bertz CT molecular complexity index is 657. The molecule has 1 aromatic rings. The molecule has 0 spiro atoms. The lowest BCUT2D eigenvalue weighted by molar-refractivity contribution is -0.196. The quantitative estimate of drug-likeness (QED) is 0.817. The van der Waals surface area contributed by atoms with E-state index in [1.807, 2.05) is 16.8 Å². The number of ether oxygens (including phenoxy) is 1. The zero-order valence-electron chi connectivity index (χ0n) is 14.6. The first-order valence-corrected chi connectivity index (χ1v) is 9.96. The lowest BCUT2D eigenvalue weighted by atomic mass is 9.48. The molecule has 1 amide bonds. The minimum Gasteiger partial charge on any atom is -0.455 e. The van der Waals surface area contributed by atoms with Crippen LogP contribution in [0.1, 0.15) is 44.1 Å². The number of amides is 1. The fraction of sp³-hybridized carbons (Fsp3) is 0.684. The molecule has 1 heterocycles. The maximum Gasteiger partial charge on any atom is 0.312 e. The van der Waals surface area contributed by atoms with Crippen LogP contribution in [0.3, 0.4) is 0 Å². The summed E-state index contributed by atoms with van der Waals surface area (Å²) in [4.78, 5) is 26.6. The number of nitrogens with zero attached hydrogens (tertiary/aromatic N) is 1. The van der Waals surface area contributed by atoms with Crippen LogP contribution in [-0.4, -0.2) is 41.1 Å². The number of aliphatic hydroxyl groups is 1. The summed E-state index contributed by atoms with van der Waals surface area (Å²) < 4.78 is 5.44. The highest BCUT2D eigenvalue weighted by Crippen LogP contribution is 2.61. The SMILES string of the molecule is CN(Cc1ccsc1)C(=O)COC(=O)C12CC3CC(CC(O)(C3)C1)C2. The van der Waals surface area contributed by atoms with Gasteiger partial charge < -0.3 is 14.7 Å². The molecule has 4 bridgehead atoms. The van der Waals surface area contributed by atoms with Crippen LogP contribution in [0.4, 0.5) is 0 Å². The van der Waals surface area contributed by atoms with Crippen molar-refractivity contribution in [2.75, 3.05) is 13.7 Å². The smallest absolute Gasteiger partial charge is 0.312 e. The summed E-state index contributed by atoms with van der Waals surface area (Å²) >= 11 is 1.60. The van der Waals surface area contributed by atoms with Gasteiger partial charge in [0.25, 0.3) is 5.91 Å². The largest absolute Gasteiger partial charge is 0.455 e. The molecule has 5 nitrogen and oxygen atoms in total. The highest BCUT2D eigenvalue weighted by atomic mass is 32.1. The van der Waals surface area contributed by atoms with Gasteiger partial charge in [-0.2, -0.15) is 11.3 Å². The second-order valence-electron chi connectivity index (χ2n) is 8.42. The van der Waals surface area contributed by atoms with E-state index < -0.39 is 11.0 Å². The van der Waals surface area contributed by atoms with E-state index in [0.717, 1.165) is 37.7 Å². The number of rotatable bonds is 5. The molecule has 0 saturated heterocycles. The lowest BCUT2D eigenvalue weighted by Gasteiger charge is -2.58. The van der Waals surface area contributed by atoms with E-state index >= 15 is 0 Å². The number of carbonyl (C=O) groups is 2. The number of carbonyl (C=O) groups excluding carboxylic acids is 2. The molecule has 25 heavy (non-hydrogen) atoms. The van der Waals surface area contributed by atoms with Crippen molar-refractivity contribution in [2.24, 2.45) is 17.3 Å². The van der Waals surface area contributed by atoms with Crippen molar-refractivity contribution in [3.8, 4) is 0 Å². The van der Waals surface area contributed by atoms with E-state index in [1.165, 1.54) is 0 Å². The van der Waals surface area contributed by atoms with E-state index in [0.29, 0.717) is 24.8 Å². The molecule has 2 atom stereocenters. The molecule has 4 aliphatic carbocycles. The van der Waals surface area contributed by atoms with Gasteiger partial charge >= 0.3 is 5.97 Å². The fourth-order valence-corrected chi connectivity index (χ4v) is 6.25. The Morgan fingerprint density at radius 1 is 1.32 bits per heavy atom. The van der Waals surface area contributed by atoms with Gasteiger partial charge in [-0.25, -0.2) is 0 Å². The maximum atomic E-state index is 12.8. The maximum absolute atomic E-state index is 12.8. The zero-order chi connectivity index (χ0) is 17.7. The monoisotopic (exact) mass is 363 g/mol. The van der Waals surface area contributed by atoms with Crippen LogP contribution < -0.4 is 0 Å². The van der Waals surface area contributed by atoms with Crippen molar-refractivity contribution < 1.29 is 19.4 Å². The second-order valence-corrected chi connectivity index (χ2v) is 9.20. The van der Waals surface area contributed by atoms with Crippen LogP contribution in [-0.2, 0) is 20.9 Å². The predicted octanol–water partition coefficient (Wildman–Crippen LogP) is 2.58. The Labute approximate surface area is 152 Å². The number of likely N-dealkylation sites (N-methyl/N-ethyl adjacent to an activating group) is 1. The van der Waals surface area contributed by atoms with Gasteiger partial charge in [0.2, 0.25) is 0 Å². The number of esters is 1. The molecule has 4 aliphatic rings. The van der Waals surface area contributed by atoms with Gasteiger partial charge in [0.05, 0.1) is 11.0 Å². The van der Waals surface area contributed by atoms with E-state index in [2.05, 4.69) is 0 Å². The van der Waals surface area contributed by atoms with Gasteiger partial charge in [-0.05, 0) is 72.8 Å². The third kappa shape index (κ3) is 3.22. The molecule has 5 rings (SSSR count). The first-order chi connectivity index (χ1) is 11.9. The van der Waals surface area contributed by atoms with Gasteiger partial charge in [-0.3, -0.25) is 9.59 Å². The van der Waals surface area contributed by atoms with Crippen molar-refractivity contribution in [3.05, 3.63) is 22.4 Å². The topological polar surface area (TPSA) is 66.8 Å². The van der Waals surface area contributed by atoms with Gasteiger partial charge in [-0.15, -0.1) is 0 Å². The Morgan fingerprint density at radius 3 is 2.64 bits per heavy atom. The van der Waals surface area contributed by atoms with Crippen molar-refractivity contribution in [1.82, 2.24) is 4.90 Å². The summed E-state index contributed by atoms with van der Waals surface area (Å²) in [5.74, 6) is 0.381. The van der Waals surface area contributed by atoms with Gasteiger partial charge in [0, 0.05) is 13.6 Å². The number of thiophene rings is 1. The summed E-state index contributed by atoms with van der Waals surface area (Å²) in [6.45, 7) is 0.309. The Kier molecular flexibility index (Phi) is 4.15. The summed E-state index contributed by atoms with van der Waals surface area (Å²) in [6.07, 6.45) is 4.89. The lowest BCUT2D eigenvalue weighted by Crippen LogP contribution is -2.58. The van der Waals surface area contributed by atoms with Crippen LogP contribution in [0.25, 0.3) is 0 Å². The first kappa shape index (κ1) is 17.0. The minimum absolute atomic E-state index is 0.192. The molecular formula is C19H25NO4S. The molecule has 0 radical (unpaired) electrons. The van der Waals surface area contributed by atoms with Crippen LogP contribution in [0.5, 0.6) is 0 Å². The molecule has 4 saturated carbocycles. The van der Waals surface area contributed by atoms with Crippen molar-refractivity contribution in [3.63, 3.8) is 0 Å². The van der Waals surface area contributed by atoms with Crippen molar-refractivity contribution in [2.45, 2.75) is 50.7 Å². The second kappa shape index (κ2) is 6.09. The number of hydrogen-bond donors (Lipinski definition) is 1. The molecular weight excluding hydrogens is 338 g/mol. The standard InChI is InChI=1S/C19H25NO4S/c1-20(9-13-2-3-25-11-13)16(21)10-24-17(22)18-5-14-4-15(6-18)8-19(23,7-14)12-18/h2-3,11,14-15,23H,4-10,12H2,1H3. The summed E-state index contributed by atoms with van der Waals surface area (Å²) in [6, 6.07) is 1.98. The normalized spacial score (nSPS) is 35.6. The van der Waals surface area contributed by atoms with Crippen molar-refractivity contribution >= 4 is 23.2 Å². The third-order valence-electron chi connectivity index (χ3n) is 6.22. The number of hydrogen-bond acceptors (Lipinski definition) is 5. The molecule has 2 unspecified atom stereocenters. The Hall–Kier alpha value is -1.40. The summed E-state index contributed by atoms with van der Waals surface area (Å²) in [7, 11) is 1.72. The first-order valence-electron chi connectivity index (χ1n) is 9.02. The van der Waals surface area contributed by atoms with Crippen molar-refractivity contribution in [1.29, 1.82) is 0 Å². The van der Waals surface area contributed by atoms with Gasteiger partial charge in [0.15, 0.2) is 6.61 Å². The van der Waals surface area contributed by atoms with E-state index in [1.54, 1.807) is 23.3 Å². The van der Waals surface area contributed by atoms with E-state index in [9.17, 15) is 14.7 Å². The minimum atomic E-state index is -0.692. The highest BCUT2D eigenvalue weighted by Gasteiger charge is 2.60. The third-order valence-corrected chi connectivity index (χ3v) is 6.95. The molecule has 0 aliphatic heterocycles. The van der Waals surface area contributed by atoms with Crippen LogP contribution in [0.15, 0.2) is 16.8 Å². The van der Waals surface area contributed by atoms with E-state index in [-0.39, 0.29) is 18.5 Å². The predicted molar refractivity (Wildman–Crippen MR) is 93.8 cm³/mol. The fourth-order valence-electron chi connectivity index (χ4n) is 5.59. The average Bonchev–Trinajstić information content (AvgIpc) is 3.02. The Balaban J connectivity index is 1.35. The average molecular weight is 363 g/mol. The molecule has 136 valence electrons. The molecule has 4 fully saturated rings. The van der Waals surface area contributed by atoms with Crippen LogP contribution in [0.2, 0.25) is 0 Å². The van der Waals surface area contributed by atoms with Crippen LogP contribution >= 0.6 is 11.3 Å². The molecule has 0 aromatic carbocycles. The van der Waals surface area contributed by atoms with Crippen LogP contribution in [0, 0.1) is 17.3 Å². The summed E-state index contributed by atoms with van der Waals surface area (Å²) in [5, 5.41) is 14.7. The van der Waals surface area contributed by atoms with Gasteiger partial charge in [0.1, 0.15) is 0 Å². The molecule has 1 N–H and O–H groups in total. The van der Waals surface area contributed by atoms with E-state index in [4.69, 9.17) is 4.74 Å². The molecule has 1 aromatic heterocycles. The Morgan fingerprint density at radius 2 is 2.04 bits per heavy atom. The molecule has 6 heteroatoms. The summed E-state index contributed by atoms with van der Waals surface area (Å²) in [5.41, 5.74) is -0.177. The zero-order valence-corrected chi connectivity index (χ0v) is 15.4.